The Labute approximate surface area is 78.1 Å². The maximum Gasteiger partial charge on any atom is 0.234 e. The highest BCUT2D eigenvalue weighted by Crippen LogP contribution is 1.91. The SMILES string of the molecule is O=C(CN1CC[N]CC1)NCCO. The molecular weight excluding hydrogens is 170 g/mol. The Kier molecular flexibility index (Phi) is 4.74. The summed E-state index contributed by atoms with van der Waals surface area (Å²) in [6, 6.07) is 0. The summed E-state index contributed by atoms with van der Waals surface area (Å²) in [5.74, 6) is -0.0176. The highest BCUT2D eigenvalue weighted by Gasteiger charge is 2.13. The summed E-state index contributed by atoms with van der Waals surface area (Å²) >= 11 is 0. The van der Waals surface area contributed by atoms with Crippen molar-refractivity contribution < 1.29 is 9.90 Å². The van der Waals surface area contributed by atoms with Crippen LogP contribution in [0, 0.1) is 0 Å². The Balaban J connectivity index is 2.11. The second kappa shape index (κ2) is 5.90. The zero-order chi connectivity index (χ0) is 9.52. The van der Waals surface area contributed by atoms with Gasteiger partial charge in [-0.3, -0.25) is 9.69 Å². The Bertz CT molecular complexity index is 157. The molecule has 5 heteroatoms. The zero-order valence-corrected chi connectivity index (χ0v) is 7.70. The van der Waals surface area contributed by atoms with Crippen LogP contribution >= 0.6 is 0 Å². The second-order valence-corrected chi connectivity index (χ2v) is 3.02. The van der Waals surface area contributed by atoms with Crippen LogP contribution in [0.15, 0.2) is 0 Å². The largest absolute Gasteiger partial charge is 0.395 e. The molecule has 1 rings (SSSR count). The second-order valence-electron chi connectivity index (χ2n) is 3.02. The molecule has 1 amide bonds. The van der Waals surface area contributed by atoms with Gasteiger partial charge in [0.1, 0.15) is 0 Å². The van der Waals surface area contributed by atoms with E-state index in [0.29, 0.717) is 13.1 Å². The number of nitrogens with one attached hydrogen (secondary N) is 1. The highest BCUT2D eigenvalue weighted by molar-refractivity contribution is 5.77. The number of hydrogen-bond acceptors (Lipinski definition) is 3. The van der Waals surface area contributed by atoms with Gasteiger partial charge in [0, 0.05) is 32.7 Å². The van der Waals surface area contributed by atoms with Gasteiger partial charge in [-0.2, -0.15) is 0 Å². The van der Waals surface area contributed by atoms with Crippen molar-refractivity contribution in [3.8, 4) is 0 Å². The summed E-state index contributed by atoms with van der Waals surface area (Å²) < 4.78 is 0. The first-order valence-corrected chi connectivity index (χ1v) is 4.56. The third kappa shape index (κ3) is 4.21. The topological polar surface area (TPSA) is 66.7 Å². The van der Waals surface area contributed by atoms with Gasteiger partial charge in [0.15, 0.2) is 0 Å². The Morgan fingerprint density at radius 2 is 2.15 bits per heavy atom. The molecular formula is C8H16N3O2. The van der Waals surface area contributed by atoms with E-state index in [0.717, 1.165) is 26.2 Å². The summed E-state index contributed by atoms with van der Waals surface area (Å²) in [5, 5.41) is 15.3. The number of hydrogen-bond donors (Lipinski definition) is 2. The number of rotatable bonds is 4. The van der Waals surface area contributed by atoms with Crippen LogP contribution in [0.5, 0.6) is 0 Å². The number of aliphatic hydroxyl groups is 1. The number of nitrogens with zero attached hydrogens (tertiary/aromatic N) is 2. The molecule has 5 nitrogen and oxygen atoms in total. The minimum atomic E-state index is -0.0176. The fourth-order valence-corrected chi connectivity index (χ4v) is 1.26. The van der Waals surface area contributed by atoms with Gasteiger partial charge in [-0.05, 0) is 0 Å². The van der Waals surface area contributed by atoms with Gasteiger partial charge < -0.3 is 10.4 Å². The molecule has 13 heavy (non-hydrogen) atoms. The maximum absolute atomic E-state index is 11.2. The first-order valence-electron chi connectivity index (χ1n) is 4.56. The quantitative estimate of drug-likeness (QED) is 0.534. The summed E-state index contributed by atoms with van der Waals surface area (Å²) in [5.41, 5.74) is 0. The predicted molar refractivity (Wildman–Crippen MR) is 48.4 cm³/mol. The van der Waals surface area contributed by atoms with E-state index >= 15 is 0 Å². The fourth-order valence-electron chi connectivity index (χ4n) is 1.26. The molecule has 1 aliphatic heterocycles. The van der Waals surface area contributed by atoms with Crippen LogP contribution in [-0.2, 0) is 4.79 Å². The Hall–Kier alpha value is -0.650. The van der Waals surface area contributed by atoms with Gasteiger partial charge in [-0.25, -0.2) is 5.32 Å². The summed E-state index contributed by atoms with van der Waals surface area (Å²) in [4.78, 5) is 13.2. The Morgan fingerprint density at radius 1 is 1.46 bits per heavy atom. The number of carbonyl (C=O) groups is 1. The molecule has 1 radical (unpaired) electrons. The van der Waals surface area contributed by atoms with Crippen LogP contribution in [0.4, 0.5) is 0 Å². The normalized spacial score (nSPS) is 18.5. The molecule has 0 aromatic carbocycles. The van der Waals surface area contributed by atoms with Crippen molar-refractivity contribution >= 4 is 5.91 Å². The van der Waals surface area contributed by atoms with E-state index in [-0.39, 0.29) is 12.5 Å². The maximum atomic E-state index is 11.2. The van der Waals surface area contributed by atoms with Gasteiger partial charge in [0.05, 0.1) is 13.2 Å². The summed E-state index contributed by atoms with van der Waals surface area (Å²) in [6.07, 6.45) is 0. The third-order valence-corrected chi connectivity index (χ3v) is 1.95. The van der Waals surface area contributed by atoms with E-state index in [1.54, 1.807) is 0 Å². The minimum absolute atomic E-state index is 0.00106. The average molecular weight is 186 g/mol. The summed E-state index contributed by atoms with van der Waals surface area (Å²) in [7, 11) is 0. The predicted octanol–water partition coefficient (Wildman–Crippen LogP) is -1.99. The highest BCUT2D eigenvalue weighted by atomic mass is 16.3. The number of carbonyl (C=O) groups excluding carboxylic acids is 1. The number of amides is 1. The first kappa shape index (κ1) is 10.4. The molecule has 0 bridgehead atoms. The van der Waals surface area contributed by atoms with E-state index in [2.05, 4.69) is 15.5 Å². The lowest BCUT2D eigenvalue weighted by atomic mass is 10.3. The van der Waals surface area contributed by atoms with Crippen LogP contribution in [0.25, 0.3) is 0 Å². The van der Waals surface area contributed by atoms with Crippen molar-refractivity contribution in [2.45, 2.75) is 0 Å². The van der Waals surface area contributed by atoms with Crippen LogP contribution < -0.4 is 10.6 Å². The Morgan fingerprint density at radius 3 is 2.77 bits per heavy atom. The number of aliphatic hydroxyl groups excluding tert-OH is 1. The molecule has 75 valence electrons. The fraction of sp³-hybridized carbons (Fsp3) is 0.875. The molecule has 0 aromatic rings. The molecule has 0 atom stereocenters. The third-order valence-electron chi connectivity index (χ3n) is 1.95. The van der Waals surface area contributed by atoms with Gasteiger partial charge in [0.2, 0.25) is 5.91 Å². The van der Waals surface area contributed by atoms with E-state index in [1.165, 1.54) is 0 Å². The van der Waals surface area contributed by atoms with Crippen molar-refractivity contribution in [2.24, 2.45) is 0 Å². The molecule has 1 fully saturated rings. The first-order chi connectivity index (χ1) is 6.33. The molecule has 2 N–H and O–H groups in total. The smallest absolute Gasteiger partial charge is 0.234 e. The van der Waals surface area contributed by atoms with Gasteiger partial charge >= 0.3 is 0 Å². The van der Waals surface area contributed by atoms with Crippen molar-refractivity contribution in [1.29, 1.82) is 0 Å². The molecule has 1 saturated heterocycles. The molecule has 0 spiro atoms. The van der Waals surface area contributed by atoms with E-state index < -0.39 is 0 Å². The summed E-state index contributed by atoms with van der Waals surface area (Å²) in [6.45, 7) is 4.16. The molecule has 0 saturated carbocycles. The van der Waals surface area contributed by atoms with Gasteiger partial charge in [-0.15, -0.1) is 0 Å². The van der Waals surface area contributed by atoms with Crippen molar-refractivity contribution in [3.63, 3.8) is 0 Å². The van der Waals surface area contributed by atoms with Crippen molar-refractivity contribution in [3.05, 3.63) is 0 Å². The van der Waals surface area contributed by atoms with E-state index in [9.17, 15) is 4.79 Å². The lowest BCUT2D eigenvalue weighted by Gasteiger charge is -2.25. The molecule has 0 unspecified atom stereocenters. The standard InChI is InChI=1S/C8H16N3O2/c12-6-3-10-8(13)7-11-4-1-9-2-5-11/h12H,1-7H2,(H,10,13). The molecule has 1 aliphatic rings. The van der Waals surface area contributed by atoms with Crippen LogP contribution in [0.2, 0.25) is 0 Å². The van der Waals surface area contributed by atoms with Gasteiger partial charge in [-0.1, -0.05) is 0 Å². The lowest BCUT2D eigenvalue weighted by Crippen LogP contribution is -2.45. The van der Waals surface area contributed by atoms with Crippen molar-refractivity contribution in [2.75, 3.05) is 45.9 Å². The van der Waals surface area contributed by atoms with E-state index in [1.807, 2.05) is 0 Å². The van der Waals surface area contributed by atoms with Crippen LogP contribution in [0.3, 0.4) is 0 Å². The van der Waals surface area contributed by atoms with Gasteiger partial charge in [0.25, 0.3) is 0 Å². The van der Waals surface area contributed by atoms with Crippen LogP contribution in [0.1, 0.15) is 0 Å². The average Bonchev–Trinajstić information content (AvgIpc) is 2.16. The monoisotopic (exact) mass is 186 g/mol. The van der Waals surface area contributed by atoms with Crippen LogP contribution in [-0.4, -0.2) is 61.8 Å². The minimum Gasteiger partial charge on any atom is -0.395 e. The van der Waals surface area contributed by atoms with E-state index in [4.69, 9.17) is 5.11 Å². The molecule has 0 aromatic heterocycles. The lowest BCUT2D eigenvalue weighted by molar-refractivity contribution is -0.122. The van der Waals surface area contributed by atoms with Crippen molar-refractivity contribution in [1.82, 2.24) is 15.5 Å². The zero-order valence-electron chi connectivity index (χ0n) is 7.70. The number of piperazine rings is 1. The molecule has 0 aliphatic carbocycles. The molecule has 1 heterocycles.